The molecule has 0 aromatic heterocycles. The molecule has 3 nitrogen and oxygen atoms in total. The molecule has 0 bridgehead atoms. The van der Waals surface area contributed by atoms with Gasteiger partial charge in [0, 0.05) is 12.5 Å². The number of carbonyl (C=O) groups is 1. The van der Waals surface area contributed by atoms with Crippen LogP contribution < -0.4 is 5.32 Å². The fraction of sp³-hybridized carbons (Fsp3) is 0.786. The van der Waals surface area contributed by atoms with Gasteiger partial charge in [-0.25, -0.2) is 0 Å². The maximum atomic E-state index is 11.8. The predicted molar refractivity (Wildman–Crippen MR) is 67.5 cm³/mol. The third-order valence-electron chi connectivity index (χ3n) is 4.04. The van der Waals surface area contributed by atoms with Gasteiger partial charge in [-0.15, -0.1) is 0 Å². The molecule has 3 heteroatoms. The lowest BCUT2D eigenvalue weighted by molar-refractivity contribution is -0.126. The van der Waals surface area contributed by atoms with Gasteiger partial charge in [0.15, 0.2) is 0 Å². The van der Waals surface area contributed by atoms with Crippen molar-refractivity contribution in [3.63, 3.8) is 0 Å². The van der Waals surface area contributed by atoms with Crippen molar-refractivity contribution in [3.05, 3.63) is 12.2 Å². The Bertz CT molecular complexity index is 305. The smallest absolute Gasteiger partial charge is 0.223 e. The molecule has 0 heterocycles. The first kappa shape index (κ1) is 12.6. The third-order valence-corrected chi connectivity index (χ3v) is 4.04. The summed E-state index contributed by atoms with van der Waals surface area (Å²) in [5, 5.41) is 13.3. The van der Waals surface area contributed by atoms with Gasteiger partial charge in [0.1, 0.15) is 0 Å². The molecule has 17 heavy (non-hydrogen) atoms. The first-order chi connectivity index (χ1) is 8.09. The van der Waals surface area contributed by atoms with E-state index in [0.29, 0.717) is 12.5 Å². The molecule has 0 saturated heterocycles. The number of hydrogen-bond donors (Lipinski definition) is 2. The van der Waals surface area contributed by atoms with Crippen molar-refractivity contribution in [2.24, 2.45) is 11.8 Å². The molecule has 1 fully saturated rings. The van der Waals surface area contributed by atoms with Crippen LogP contribution in [0.3, 0.4) is 0 Å². The molecule has 1 amide bonds. The topological polar surface area (TPSA) is 49.3 Å². The summed E-state index contributed by atoms with van der Waals surface area (Å²) in [6, 6.07) is 0. The van der Waals surface area contributed by atoms with Gasteiger partial charge in [0.2, 0.25) is 5.91 Å². The lowest BCUT2D eigenvalue weighted by atomic mass is 9.79. The quantitative estimate of drug-likeness (QED) is 0.738. The number of amides is 1. The number of allylic oxidation sites excluding steroid dienone is 2. The molecule has 2 unspecified atom stereocenters. The van der Waals surface area contributed by atoms with E-state index >= 15 is 0 Å². The van der Waals surface area contributed by atoms with Crippen LogP contribution in [0.15, 0.2) is 12.2 Å². The molecule has 2 aliphatic rings. The van der Waals surface area contributed by atoms with E-state index in [1.165, 1.54) is 6.42 Å². The summed E-state index contributed by atoms with van der Waals surface area (Å²) in [6.07, 6.45) is 9.71. The molecular formula is C14H23NO2. The standard InChI is InChI=1S/C14H23NO2/c1-11-5-4-8-14(17,9-11)10-15-13(16)12-6-2-3-7-12/h2-3,11-12,17H,4-10H2,1H3,(H,15,16). The maximum Gasteiger partial charge on any atom is 0.223 e. The first-order valence-electron chi connectivity index (χ1n) is 6.74. The number of hydrogen-bond acceptors (Lipinski definition) is 2. The Hall–Kier alpha value is -0.830. The molecular weight excluding hydrogens is 214 g/mol. The highest BCUT2D eigenvalue weighted by atomic mass is 16.3. The molecule has 0 aromatic rings. The van der Waals surface area contributed by atoms with Gasteiger partial charge in [-0.3, -0.25) is 4.79 Å². The second kappa shape index (κ2) is 5.21. The average Bonchev–Trinajstić information content (AvgIpc) is 2.79. The van der Waals surface area contributed by atoms with Crippen LogP contribution in [0.1, 0.15) is 45.4 Å². The minimum Gasteiger partial charge on any atom is -0.388 e. The molecule has 0 aliphatic heterocycles. The van der Waals surface area contributed by atoms with Gasteiger partial charge >= 0.3 is 0 Å². The SMILES string of the molecule is CC1CCCC(O)(CNC(=O)C2CC=CC2)C1. The van der Waals surface area contributed by atoms with Crippen LogP contribution in [0, 0.1) is 11.8 Å². The molecule has 1 saturated carbocycles. The fourth-order valence-corrected chi connectivity index (χ4v) is 3.02. The summed E-state index contributed by atoms with van der Waals surface area (Å²) < 4.78 is 0. The highest BCUT2D eigenvalue weighted by Crippen LogP contribution is 2.31. The Morgan fingerprint density at radius 3 is 2.82 bits per heavy atom. The van der Waals surface area contributed by atoms with Gasteiger partial charge in [-0.05, 0) is 31.6 Å². The van der Waals surface area contributed by atoms with Crippen molar-refractivity contribution >= 4 is 5.91 Å². The normalized spacial score (nSPS) is 33.9. The van der Waals surface area contributed by atoms with E-state index in [4.69, 9.17) is 0 Å². The second-order valence-electron chi connectivity index (χ2n) is 5.78. The summed E-state index contributed by atoms with van der Waals surface area (Å²) in [4.78, 5) is 11.8. The number of nitrogens with one attached hydrogen (secondary N) is 1. The molecule has 2 aliphatic carbocycles. The van der Waals surface area contributed by atoms with E-state index in [-0.39, 0.29) is 11.8 Å². The number of aliphatic hydroxyl groups is 1. The van der Waals surface area contributed by atoms with E-state index in [0.717, 1.165) is 32.1 Å². The minimum absolute atomic E-state index is 0.0969. The molecule has 0 spiro atoms. The largest absolute Gasteiger partial charge is 0.388 e. The molecule has 0 radical (unpaired) electrons. The Balaban J connectivity index is 1.78. The van der Waals surface area contributed by atoms with Crippen LogP contribution >= 0.6 is 0 Å². The van der Waals surface area contributed by atoms with Gasteiger partial charge < -0.3 is 10.4 Å². The highest BCUT2D eigenvalue weighted by molar-refractivity contribution is 5.79. The predicted octanol–water partition coefficient (Wildman–Crippen LogP) is 2.01. The van der Waals surface area contributed by atoms with Crippen molar-refractivity contribution in [1.82, 2.24) is 5.32 Å². The van der Waals surface area contributed by atoms with Gasteiger partial charge in [-0.2, -0.15) is 0 Å². The molecule has 2 N–H and O–H groups in total. The molecule has 0 aromatic carbocycles. The number of carbonyl (C=O) groups excluding carboxylic acids is 1. The summed E-state index contributed by atoms with van der Waals surface area (Å²) in [5.74, 6) is 0.764. The Morgan fingerprint density at radius 2 is 2.18 bits per heavy atom. The lowest BCUT2D eigenvalue weighted by Gasteiger charge is -2.35. The summed E-state index contributed by atoms with van der Waals surface area (Å²) in [7, 11) is 0. The van der Waals surface area contributed by atoms with Crippen LogP contribution in [-0.2, 0) is 4.79 Å². The second-order valence-corrected chi connectivity index (χ2v) is 5.78. The summed E-state index contributed by atoms with van der Waals surface area (Å²) in [5.41, 5.74) is -0.667. The van der Waals surface area contributed by atoms with E-state index in [2.05, 4.69) is 24.4 Å². The molecule has 2 rings (SSSR count). The van der Waals surface area contributed by atoms with Crippen LogP contribution in [0.2, 0.25) is 0 Å². The van der Waals surface area contributed by atoms with E-state index < -0.39 is 5.60 Å². The van der Waals surface area contributed by atoms with Crippen molar-refractivity contribution in [1.29, 1.82) is 0 Å². The van der Waals surface area contributed by atoms with E-state index in [1.807, 2.05) is 0 Å². The fourth-order valence-electron chi connectivity index (χ4n) is 3.02. The zero-order valence-electron chi connectivity index (χ0n) is 10.6. The Kier molecular flexibility index (Phi) is 3.87. The van der Waals surface area contributed by atoms with E-state index in [9.17, 15) is 9.90 Å². The van der Waals surface area contributed by atoms with Crippen molar-refractivity contribution in [3.8, 4) is 0 Å². The summed E-state index contributed by atoms with van der Waals surface area (Å²) >= 11 is 0. The van der Waals surface area contributed by atoms with Gasteiger partial charge in [0.05, 0.1) is 5.60 Å². The Morgan fingerprint density at radius 1 is 1.47 bits per heavy atom. The minimum atomic E-state index is -0.667. The third kappa shape index (κ3) is 3.32. The van der Waals surface area contributed by atoms with Crippen LogP contribution in [0.4, 0.5) is 0 Å². The molecule has 2 atom stereocenters. The lowest BCUT2D eigenvalue weighted by Crippen LogP contribution is -2.46. The first-order valence-corrected chi connectivity index (χ1v) is 6.74. The van der Waals surface area contributed by atoms with Crippen LogP contribution in [-0.4, -0.2) is 23.2 Å². The highest BCUT2D eigenvalue weighted by Gasteiger charge is 2.33. The van der Waals surface area contributed by atoms with Gasteiger partial charge in [-0.1, -0.05) is 31.9 Å². The molecule has 96 valence electrons. The van der Waals surface area contributed by atoms with Crippen molar-refractivity contribution < 1.29 is 9.90 Å². The average molecular weight is 237 g/mol. The van der Waals surface area contributed by atoms with Crippen molar-refractivity contribution in [2.75, 3.05) is 6.54 Å². The summed E-state index contributed by atoms with van der Waals surface area (Å²) in [6.45, 7) is 2.60. The van der Waals surface area contributed by atoms with Crippen LogP contribution in [0.5, 0.6) is 0 Å². The number of rotatable bonds is 3. The van der Waals surface area contributed by atoms with Crippen molar-refractivity contribution in [2.45, 2.75) is 51.0 Å². The monoisotopic (exact) mass is 237 g/mol. The van der Waals surface area contributed by atoms with E-state index in [1.54, 1.807) is 0 Å². The maximum absolute atomic E-state index is 11.8. The Labute approximate surface area is 103 Å². The van der Waals surface area contributed by atoms with Crippen LogP contribution in [0.25, 0.3) is 0 Å². The zero-order chi connectivity index (χ0) is 12.3. The zero-order valence-corrected chi connectivity index (χ0v) is 10.6. The van der Waals surface area contributed by atoms with Gasteiger partial charge in [0.25, 0.3) is 0 Å².